The summed E-state index contributed by atoms with van der Waals surface area (Å²) >= 11 is 0. The van der Waals surface area contributed by atoms with Gasteiger partial charge in [0, 0.05) is 24.1 Å². The Balaban J connectivity index is 1.83. The van der Waals surface area contributed by atoms with Crippen LogP contribution in [0.5, 0.6) is 0 Å². The van der Waals surface area contributed by atoms with Gasteiger partial charge in [0.2, 0.25) is 6.04 Å². The number of carbonyl (C=O) groups is 1. The third kappa shape index (κ3) is 3.53. The van der Waals surface area contributed by atoms with E-state index >= 15 is 0 Å². The molecule has 1 aliphatic rings. The van der Waals surface area contributed by atoms with Crippen LogP contribution in [0.2, 0.25) is 0 Å². The van der Waals surface area contributed by atoms with Crippen molar-refractivity contribution in [1.29, 1.82) is 0 Å². The third-order valence-corrected chi connectivity index (χ3v) is 3.96. The van der Waals surface area contributed by atoms with Crippen molar-refractivity contribution in [1.82, 2.24) is 4.57 Å². The SMILES string of the molecule is Cc1ccc(Cn2ccccc2=NC(=O)[C@@H]2C[C@H]2[N+](=O)[O-])cc1. The summed E-state index contributed by atoms with van der Waals surface area (Å²) in [4.78, 5) is 26.4. The molecule has 1 aliphatic carbocycles. The zero-order valence-corrected chi connectivity index (χ0v) is 12.8. The van der Waals surface area contributed by atoms with Crippen LogP contribution in [0.15, 0.2) is 53.7 Å². The van der Waals surface area contributed by atoms with Crippen LogP contribution in [0, 0.1) is 23.0 Å². The first-order valence-electron chi connectivity index (χ1n) is 7.47. The molecular formula is C17H17N3O3. The minimum atomic E-state index is -0.763. The summed E-state index contributed by atoms with van der Waals surface area (Å²) in [7, 11) is 0. The monoisotopic (exact) mass is 311 g/mol. The second-order valence-electron chi connectivity index (χ2n) is 5.82. The number of rotatable bonds is 4. The fourth-order valence-corrected chi connectivity index (χ4v) is 2.47. The Morgan fingerprint density at radius 1 is 1.30 bits per heavy atom. The maximum Gasteiger partial charge on any atom is 0.257 e. The highest BCUT2D eigenvalue weighted by Gasteiger charge is 2.53. The topological polar surface area (TPSA) is 77.5 Å². The molecule has 3 rings (SSSR count). The molecule has 118 valence electrons. The highest BCUT2D eigenvalue weighted by atomic mass is 16.6. The van der Waals surface area contributed by atoms with Crippen LogP contribution in [0.1, 0.15) is 17.5 Å². The molecule has 2 atom stereocenters. The van der Waals surface area contributed by atoms with Crippen molar-refractivity contribution in [2.45, 2.75) is 25.9 Å². The molecular weight excluding hydrogens is 294 g/mol. The second-order valence-corrected chi connectivity index (χ2v) is 5.82. The average molecular weight is 311 g/mol. The van der Waals surface area contributed by atoms with Gasteiger partial charge < -0.3 is 4.57 Å². The fourth-order valence-electron chi connectivity index (χ4n) is 2.47. The Labute approximate surface area is 133 Å². The van der Waals surface area contributed by atoms with E-state index < -0.39 is 22.8 Å². The number of hydrogen-bond acceptors (Lipinski definition) is 3. The summed E-state index contributed by atoms with van der Waals surface area (Å²) in [6.45, 7) is 2.62. The van der Waals surface area contributed by atoms with Gasteiger partial charge in [-0.05, 0) is 24.6 Å². The van der Waals surface area contributed by atoms with E-state index in [4.69, 9.17) is 0 Å². The van der Waals surface area contributed by atoms with E-state index in [0.717, 1.165) is 5.56 Å². The van der Waals surface area contributed by atoms with Gasteiger partial charge >= 0.3 is 0 Å². The van der Waals surface area contributed by atoms with E-state index in [1.54, 1.807) is 12.1 Å². The highest BCUT2D eigenvalue weighted by molar-refractivity contribution is 5.82. The van der Waals surface area contributed by atoms with Crippen LogP contribution in [0.4, 0.5) is 0 Å². The van der Waals surface area contributed by atoms with Crippen LogP contribution in [-0.4, -0.2) is 21.4 Å². The summed E-state index contributed by atoms with van der Waals surface area (Å²) in [5, 5.41) is 10.7. The van der Waals surface area contributed by atoms with Crippen LogP contribution in [-0.2, 0) is 11.3 Å². The van der Waals surface area contributed by atoms with Gasteiger partial charge in [-0.15, -0.1) is 0 Å². The molecule has 0 spiro atoms. The van der Waals surface area contributed by atoms with E-state index in [-0.39, 0.29) is 0 Å². The Morgan fingerprint density at radius 2 is 2.04 bits per heavy atom. The Bertz CT molecular complexity index is 808. The summed E-state index contributed by atoms with van der Waals surface area (Å²) in [6.07, 6.45) is 2.14. The fraction of sp³-hybridized carbons (Fsp3) is 0.294. The minimum absolute atomic E-state index is 0.292. The van der Waals surface area contributed by atoms with Crippen molar-refractivity contribution in [3.05, 3.63) is 75.4 Å². The van der Waals surface area contributed by atoms with Gasteiger partial charge in [0.1, 0.15) is 11.4 Å². The van der Waals surface area contributed by atoms with Crippen LogP contribution in [0.3, 0.4) is 0 Å². The first-order chi connectivity index (χ1) is 11.0. The minimum Gasteiger partial charge on any atom is -0.328 e. The number of pyridine rings is 1. The lowest BCUT2D eigenvalue weighted by Crippen LogP contribution is -2.23. The first kappa shape index (κ1) is 15.1. The zero-order chi connectivity index (χ0) is 16.4. The lowest BCUT2D eigenvalue weighted by Gasteiger charge is -2.07. The van der Waals surface area contributed by atoms with Crippen molar-refractivity contribution in [3.8, 4) is 0 Å². The van der Waals surface area contributed by atoms with E-state index in [9.17, 15) is 14.9 Å². The predicted molar refractivity (Wildman–Crippen MR) is 84.2 cm³/mol. The van der Waals surface area contributed by atoms with E-state index in [1.165, 1.54) is 5.56 Å². The molecule has 0 radical (unpaired) electrons. The molecule has 2 aromatic rings. The van der Waals surface area contributed by atoms with Crippen LogP contribution >= 0.6 is 0 Å². The quantitative estimate of drug-likeness (QED) is 0.639. The molecule has 1 amide bonds. The summed E-state index contributed by atoms with van der Waals surface area (Å²) in [6, 6.07) is 12.8. The Hall–Kier alpha value is -2.76. The van der Waals surface area contributed by atoms with Gasteiger partial charge in [-0.25, -0.2) is 0 Å². The lowest BCUT2D eigenvalue weighted by molar-refractivity contribution is -0.497. The highest BCUT2D eigenvalue weighted by Crippen LogP contribution is 2.33. The molecule has 0 saturated heterocycles. The molecule has 0 unspecified atom stereocenters. The maximum absolute atomic E-state index is 12.1. The number of hydrogen-bond donors (Lipinski definition) is 0. The number of amides is 1. The molecule has 0 bridgehead atoms. The van der Waals surface area contributed by atoms with Crippen molar-refractivity contribution in [2.24, 2.45) is 10.9 Å². The molecule has 1 heterocycles. The first-order valence-corrected chi connectivity index (χ1v) is 7.47. The molecule has 1 fully saturated rings. The van der Waals surface area contributed by atoms with Crippen LogP contribution < -0.4 is 5.49 Å². The van der Waals surface area contributed by atoms with Gasteiger partial charge in [0.15, 0.2) is 0 Å². The number of carbonyl (C=O) groups excluding carboxylic acids is 1. The lowest BCUT2D eigenvalue weighted by atomic mass is 10.1. The van der Waals surface area contributed by atoms with E-state index in [0.29, 0.717) is 18.5 Å². The predicted octanol–water partition coefficient (Wildman–Crippen LogP) is 1.94. The van der Waals surface area contributed by atoms with E-state index in [2.05, 4.69) is 4.99 Å². The van der Waals surface area contributed by atoms with Gasteiger partial charge in [0.05, 0.1) is 0 Å². The molecule has 0 aliphatic heterocycles. The van der Waals surface area contributed by atoms with Crippen molar-refractivity contribution >= 4 is 5.91 Å². The Morgan fingerprint density at radius 3 is 2.70 bits per heavy atom. The molecule has 1 aromatic carbocycles. The molecule has 23 heavy (non-hydrogen) atoms. The summed E-state index contributed by atoms with van der Waals surface area (Å²) < 4.78 is 1.87. The molecule has 1 saturated carbocycles. The standard InChI is InChI=1S/C17H17N3O3/c1-12-5-7-13(8-6-12)11-19-9-3-2-4-16(19)18-17(21)14-10-15(14)20(22)23/h2-9,14-15H,10-11H2,1H3/t14-,15-/m1/s1. The van der Waals surface area contributed by atoms with Crippen molar-refractivity contribution in [3.63, 3.8) is 0 Å². The van der Waals surface area contributed by atoms with Gasteiger partial charge in [-0.2, -0.15) is 4.99 Å². The zero-order valence-electron chi connectivity index (χ0n) is 12.8. The van der Waals surface area contributed by atoms with Crippen molar-refractivity contribution < 1.29 is 9.72 Å². The molecule has 6 heteroatoms. The number of benzene rings is 1. The number of aromatic nitrogens is 1. The van der Waals surface area contributed by atoms with Gasteiger partial charge in [0.25, 0.3) is 5.91 Å². The van der Waals surface area contributed by atoms with Crippen molar-refractivity contribution in [2.75, 3.05) is 0 Å². The Kier molecular flexibility index (Phi) is 4.06. The largest absolute Gasteiger partial charge is 0.328 e. The number of nitrogens with zero attached hydrogens (tertiary/aromatic N) is 3. The average Bonchev–Trinajstić information content (AvgIpc) is 3.32. The smallest absolute Gasteiger partial charge is 0.257 e. The molecule has 1 aromatic heterocycles. The van der Waals surface area contributed by atoms with Crippen LogP contribution in [0.25, 0.3) is 0 Å². The second kappa shape index (κ2) is 6.16. The summed E-state index contributed by atoms with van der Waals surface area (Å²) in [5.74, 6) is -0.978. The third-order valence-electron chi connectivity index (χ3n) is 3.96. The number of aryl methyl sites for hydroxylation is 1. The van der Waals surface area contributed by atoms with Gasteiger partial charge in [-0.1, -0.05) is 35.9 Å². The normalized spacial score (nSPS) is 20.3. The van der Waals surface area contributed by atoms with Gasteiger partial charge in [-0.3, -0.25) is 14.9 Å². The molecule has 0 N–H and O–H groups in total. The summed E-state index contributed by atoms with van der Waals surface area (Å²) in [5.41, 5.74) is 2.81. The number of nitro groups is 1. The molecule has 6 nitrogen and oxygen atoms in total. The maximum atomic E-state index is 12.1. The van der Waals surface area contributed by atoms with E-state index in [1.807, 2.05) is 48.0 Å².